The van der Waals surface area contributed by atoms with Crippen LogP contribution in [0.4, 0.5) is 0 Å². The van der Waals surface area contributed by atoms with Crippen LogP contribution in [0.15, 0.2) is 12.4 Å². The highest BCUT2D eigenvalue weighted by Gasteiger charge is 1.95. The number of halogens is 1. The van der Waals surface area contributed by atoms with Crippen molar-refractivity contribution in [1.82, 2.24) is 4.98 Å². The summed E-state index contributed by atoms with van der Waals surface area (Å²) in [6.45, 7) is 0. The van der Waals surface area contributed by atoms with Crippen molar-refractivity contribution in [3.8, 4) is 0 Å². The molecule has 0 amide bonds. The van der Waals surface area contributed by atoms with Gasteiger partial charge in [-0.1, -0.05) is 0 Å². The third-order valence-electron chi connectivity index (χ3n) is 0.834. The topological polar surface area (TPSA) is 56.0 Å². The molecule has 0 aliphatic carbocycles. The maximum Gasteiger partial charge on any atom is 0.237 e. The van der Waals surface area contributed by atoms with E-state index >= 15 is 0 Å². The second-order valence-electron chi connectivity index (χ2n) is 1.60. The SMILES string of the molecule is O=[N+]([O-])/C=C/c1ncc(I)s1. The van der Waals surface area contributed by atoms with Crippen molar-refractivity contribution in [3.05, 3.63) is 30.4 Å². The van der Waals surface area contributed by atoms with Gasteiger partial charge in [0, 0.05) is 6.08 Å². The van der Waals surface area contributed by atoms with E-state index in [1.54, 1.807) is 6.20 Å². The zero-order chi connectivity index (χ0) is 8.27. The Morgan fingerprint density at radius 1 is 1.82 bits per heavy atom. The molecule has 0 aliphatic heterocycles. The molecule has 11 heavy (non-hydrogen) atoms. The molecule has 0 bridgehead atoms. The van der Waals surface area contributed by atoms with Gasteiger partial charge in [-0.15, -0.1) is 11.3 Å². The van der Waals surface area contributed by atoms with E-state index in [9.17, 15) is 10.1 Å². The minimum Gasteiger partial charge on any atom is -0.259 e. The Labute approximate surface area is 80.2 Å². The molecule has 1 heterocycles. The molecule has 0 radical (unpaired) electrons. The van der Waals surface area contributed by atoms with E-state index in [1.165, 1.54) is 17.4 Å². The van der Waals surface area contributed by atoms with Crippen LogP contribution in [0, 0.1) is 13.0 Å². The molecule has 1 aromatic rings. The lowest BCUT2D eigenvalue weighted by Gasteiger charge is -1.76. The van der Waals surface area contributed by atoms with Gasteiger partial charge in [0.1, 0.15) is 5.01 Å². The first-order valence-corrected chi connectivity index (χ1v) is 4.51. The van der Waals surface area contributed by atoms with Crippen molar-refractivity contribution in [2.75, 3.05) is 0 Å². The Morgan fingerprint density at radius 2 is 2.55 bits per heavy atom. The second kappa shape index (κ2) is 3.77. The quantitative estimate of drug-likeness (QED) is 0.473. The van der Waals surface area contributed by atoms with Gasteiger partial charge in [0.25, 0.3) is 0 Å². The third-order valence-corrected chi connectivity index (χ3v) is 2.52. The Kier molecular flexibility index (Phi) is 2.94. The fourth-order valence-electron chi connectivity index (χ4n) is 0.469. The number of aromatic nitrogens is 1. The number of nitrogens with zero attached hydrogens (tertiary/aromatic N) is 2. The van der Waals surface area contributed by atoms with Gasteiger partial charge in [0.2, 0.25) is 6.20 Å². The smallest absolute Gasteiger partial charge is 0.237 e. The van der Waals surface area contributed by atoms with Crippen LogP contribution >= 0.6 is 33.9 Å². The van der Waals surface area contributed by atoms with Crippen LogP contribution in [0.25, 0.3) is 6.08 Å². The van der Waals surface area contributed by atoms with E-state index < -0.39 is 4.92 Å². The van der Waals surface area contributed by atoms with Crippen molar-refractivity contribution < 1.29 is 4.92 Å². The molecule has 4 nitrogen and oxygen atoms in total. The predicted molar refractivity (Wildman–Crippen MR) is 50.9 cm³/mol. The maximum absolute atomic E-state index is 9.87. The van der Waals surface area contributed by atoms with Crippen LogP contribution in [-0.2, 0) is 0 Å². The van der Waals surface area contributed by atoms with Gasteiger partial charge in [0.05, 0.1) is 14.0 Å². The van der Waals surface area contributed by atoms with E-state index in [-0.39, 0.29) is 0 Å². The lowest BCUT2D eigenvalue weighted by atomic mass is 10.6. The molecule has 6 heteroatoms. The number of hydrogen-bond acceptors (Lipinski definition) is 4. The molecular weight excluding hydrogens is 279 g/mol. The molecule has 1 aromatic heterocycles. The molecule has 0 unspecified atom stereocenters. The zero-order valence-electron chi connectivity index (χ0n) is 5.23. The lowest BCUT2D eigenvalue weighted by Crippen LogP contribution is -1.81. The molecule has 0 saturated carbocycles. The van der Waals surface area contributed by atoms with Crippen LogP contribution in [-0.4, -0.2) is 9.91 Å². The van der Waals surface area contributed by atoms with Crippen LogP contribution in [0.1, 0.15) is 5.01 Å². The Bertz CT molecular complexity index is 296. The Morgan fingerprint density at radius 3 is 3.00 bits per heavy atom. The monoisotopic (exact) mass is 282 g/mol. The number of thiazole rings is 1. The van der Waals surface area contributed by atoms with E-state index in [2.05, 4.69) is 27.6 Å². The van der Waals surface area contributed by atoms with Crippen LogP contribution in [0.3, 0.4) is 0 Å². The van der Waals surface area contributed by atoms with Crippen LogP contribution in [0.2, 0.25) is 0 Å². The summed E-state index contributed by atoms with van der Waals surface area (Å²) in [5.74, 6) is 0. The van der Waals surface area contributed by atoms with Crippen molar-refractivity contribution in [3.63, 3.8) is 0 Å². The molecule has 0 saturated heterocycles. The van der Waals surface area contributed by atoms with Crippen LogP contribution in [0.5, 0.6) is 0 Å². The highest BCUT2D eigenvalue weighted by atomic mass is 127. The van der Waals surface area contributed by atoms with Gasteiger partial charge in [0.15, 0.2) is 0 Å². The molecule has 0 N–H and O–H groups in total. The average Bonchev–Trinajstić information content (AvgIpc) is 2.31. The van der Waals surface area contributed by atoms with Gasteiger partial charge in [-0.2, -0.15) is 0 Å². The zero-order valence-corrected chi connectivity index (χ0v) is 8.20. The lowest BCUT2D eigenvalue weighted by molar-refractivity contribution is -0.400. The minimum atomic E-state index is -0.506. The summed E-state index contributed by atoms with van der Waals surface area (Å²) in [5.41, 5.74) is 0. The highest BCUT2D eigenvalue weighted by molar-refractivity contribution is 14.1. The van der Waals surface area contributed by atoms with Crippen molar-refractivity contribution in [1.29, 1.82) is 0 Å². The summed E-state index contributed by atoms with van der Waals surface area (Å²) in [5, 5.41) is 10.5. The third kappa shape index (κ3) is 2.93. The standard InChI is InChI=1S/C5H3IN2O2S/c6-4-3-7-5(11-4)1-2-8(9)10/h1-3H/b2-1+. The fourth-order valence-corrected chi connectivity index (χ4v) is 1.82. The summed E-state index contributed by atoms with van der Waals surface area (Å²) in [6, 6.07) is 0. The van der Waals surface area contributed by atoms with Gasteiger partial charge < -0.3 is 0 Å². The van der Waals surface area contributed by atoms with E-state index in [4.69, 9.17) is 0 Å². The summed E-state index contributed by atoms with van der Waals surface area (Å²) < 4.78 is 1.02. The van der Waals surface area contributed by atoms with E-state index in [1.807, 2.05) is 0 Å². The summed E-state index contributed by atoms with van der Waals surface area (Å²) in [6.07, 6.45) is 3.94. The molecule has 0 aromatic carbocycles. The normalized spacial score (nSPS) is 10.6. The molecule has 0 spiro atoms. The van der Waals surface area contributed by atoms with Crippen molar-refractivity contribution in [2.24, 2.45) is 0 Å². The summed E-state index contributed by atoms with van der Waals surface area (Å²) >= 11 is 3.52. The minimum absolute atomic E-state index is 0.506. The van der Waals surface area contributed by atoms with E-state index in [0.29, 0.717) is 5.01 Å². The fraction of sp³-hybridized carbons (Fsp3) is 0. The number of hydrogen-bond donors (Lipinski definition) is 0. The number of rotatable bonds is 2. The Balaban J connectivity index is 2.71. The maximum atomic E-state index is 9.87. The first-order valence-electron chi connectivity index (χ1n) is 2.61. The summed E-state index contributed by atoms with van der Waals surface area (Å²) in [7, 11) is 0. The Hall–Kier alpha value is -0.500. The summed E-state index contributed by atoms with van der Waals surface area (Å²) in [4.78, 5) is 13.3. The van der Waals surface area contributed by atoms with Gasteiger partial charge >= 0.3 is 0 Å². The van der Waals surface area contributed by atoms with Gasteiger partial charge in [-0.25, -0.2) is 4.98 Å². The van der Waals surface area contributed by atoms with Crippen molar-refractivity contribution >= 4 is 40.0 Å². The largest absolute Gasteiger partial charge is 0.259 e. The van der Waals surface area contributed by atoms with Crippen LogP contribution < -0.4 is 0 Å². The van der Waals surface area contributed by atoms with E-state index in [0.717, 1.165) is 9.08 Å². The van der Waals surface area contributed by atoms with Gasteiger partial charge in [-0.3, -0.25) is 10.1 Å². The average molecular weight is 282 g/mol. The molecule has 1 rings (SSSR count). The van der Waals surface area contributed by atoms with Crippen molar-refractivity contribution in [2.45, 2.75) is 0 Å². The number of nitro groups is 1. The van der Waals surface area contributed by atoms with Gasteiger partial charge in [-0.05, 0) is 22.6 Å². The predicted octanol–water partition coefficient (Wildman–Crippen LogP) is 2.00. The molecule has 0 aliphatic rings. The molecular formula is C5H3IN2O2S. The second-order valence-corrected chi connectivity index (χ2v) is 4.56. The highest BCUT2D eigenvalue weighted by Crippen LogP contribution is 2.15. The first-order chi connectivity index (χ1) is 5.18. The molecule has 0 fully saturated rings. The first kappa shape index (κ1) is 8.60. The molecule has 0 atom stereocenters. The molecule has 58 valence electrons.